The quantitative estimate of drug-likeness (QED) is 0.795. The molecular weight excluding hydrogens is 222 g/mol. The molecule has 2 rings (SSSR count). The second-order valence-electron chi connectivity index (χ2n) is 3.78. The van der Waals surface area contributed by atoms with E-state index in [1.54, 1.807) is 0 Å². The number of nitrogens with zero attached hydrogens (tertiary/aromatic N) is 1. The molecule has 0 amide bonds. The summed E-state index contributed by atoms with van der Waals surface area (Å²) in [5.41, 5.74) is 2.02. The maximum atomic E-state index is 5.83. The minimum absolute atomic E-state index is 0.678. The van der Waals surface area contributed by atoms with Crippen molar-refractivity contribution in [3.8, 4) is 11.5 Å². The average Bonchev–Trinajstić information content (AvgIpc) is 2.62. The highest BCUT2D eigenvalue weighted by atomic mass is 35.5. The van der Waals surface area contributed by atoms with Gasteiger partial charge in [-0.2, -0.15) is 0 Å². The van der Waals surface area contributed by atoms with Crippen LogP contribution < -0.4 is 0 Å². The summed E-state index contributed by atoms with van der Waals surface area (Å²) >= 11 is 5.83. The van der Waals surface area contributed by atoms with E-state index in [9.17, 15) is 0 Å². The molecule has 0 aliphatic rings. The lowest BCUT2D eigenvalue weighted by Gasteiger charge is -1.94. The average molecular weight is 236 g/mol. The van der Waals surface area contributed by atoms with Gasteiger partial charge in [-0.3, -0.25) is 0 Å². The van der Waals surface area contributed by atoms with Gasteiger partial charge in [0.15, 0.2) is 0 Å². The van der Waals surface area contributed by atoms with E-state index < -0.39 is 0 Å². The van der Waals surface area contributed by atoms with Crippen LogP contribution in [0.5, 0.6) is 0 Å². The fraction of sp³-hybridized carbons (Fsp3) is 0.308. The van der Waals surface area contributed by atoms with Gasteiger partial charge >= 0.3 is 0 Å². The smallest absolute Gasteiger partial charge is 0.226 e. The van der Waals surface area contributed by atoms with Crippen molar-refractivity contribution in [2.75, 3.05) is 0 Å². The topological polar surface area (TPSA) is 26.0 Å². The molecule has 0 unspecified atom stereocenters. The third kappa shape index (κ3) is 2.27. The molecule has 0 saturated carbocycles. The van der Waals surface area contributed by atoms with Crippen molar-refractivity contribution in [2.24, 2.45) is 0 Å². The summed E-state index contributed by atoms with van der Waals surface area (Å²) in [4.78, 5) is 4.49. The van der Waals surface area contributed by atoms with Gasteiger partial charge in [0.25, 0.3) is 0 Å². The number of aryl methyl sites for hydroxylation is 2. The monoisotopic (exact) mass is 235 g/mol. The number of halogens is 1. The normalized spacial score (nSPS) is 10.7. The fourth-order valence-electron chi connectivity index (χ4n) is 1.61. The predicted octanol–water partition coefficient (Wildman–Crippen LogP) is 4.26. The van der Waals surface area contributed by atoms with Gasteiger partial charge in [0.05, 0.1) is 5.69 Å². The van der Waals surface area contributed by atoms with E-state index >= 15 is 0 Å². The van der Waals surface area contributed by atoms with Crippen molar-refractivity contribution < 1.29 is 4.42 Å². The van der Waals surface area contributed by atoms with Crippen LogP contribution in [-0.2, 0) is 6.42 Å². The summed E-state index contributed by atoms with van der Waals surface area (Å²) in [7, 11) is 0. The molecule has 84 valence electrons. The van der Waals surface area contributed by atoms with Gasteiger partial charge in [-0.25, -0.2) is 4.98 Å². The summed E-state index contributed by atoms with van der Waals surface area (Å²) in [5, 5.41) is 0.723. The van der Waals surface area contributed by atoms with E-state index in [0.717, 1.165) is 34.9 Å². The van der Waals surface area contributed by atoms with Crippen molar-refractivity contribution in [3.63, 3.8) is 0 Å². The number of hydrogen-bond acceptors (Lipinski definition) is 2. The van der Waals surface area contributed by atoms with Gasteiger partial charge < -0.3 is 4.42 Å². The van der Waals surface area contributed by atoms with Gasteiger partial charge in [-0.1, -0.05) is 24.9 Å². The second kappa shape index (κ2) is 4.71. The van der Waals surface area contributed by atoms with Gasteiger partial charge in [0, 0.05) is 10.6 Å². The molecule has 0 bridgehead atoms. The van der Waals surface area contributed by atoms with Gasteiger partial charge in [-0.15, -0.1) is 0 Å². The molecule has 3 heteroatoms. The zero-order valence-electron chi connectivity index (χ0n) is 9.46. The van der Waals surface area contributed by atoms with E-state index in [0.29, 0.717) is 5.89 Å². The molecule has 0 atom stereocenters. The van der Waals surface area contributed by atoms with Crippen LogP contribution in [0.2, 0.25) is 5.02 Å². The Morgan fingerprint density at radius 2 is 1.94 bits per heavy atom. The Hall–Kier alpha value is -1.28. The Morgan fingerprint density at radius 1 is 1.25 bits per heavy atom. The maximum Gasteiger partial charge on any atom is 0.226 e. The molecule has 0 fully saturated rings. The lowest BCUT2D eigenvalue weighted by molar-refractivity contribution is 0.539. The van der Waals surface area contributed by atoms with Gasteiger partial charge in [0.1, 0.15) is 5.76 Å². The van der Waals surface area contributed by atoms with Crippen LogP contribution in [-0.4, -0.2) is 4.98 Å². The first-order chi connectivity index (χ1) is 7.70. The van der Waals surface area contributed by atoms with Crippen LogP contribution in [0.15, 0.2) is 28.7 Å². The van der Waals surface area contributed by atoms with Crippen molar-refractivity contribution >= 4 is 11.6 Å². The first-order valence-corrected chi connectivity index (χ1v) is 5.80. The Morgan fingerprint density at radius 3 is 2.56 bits per heavy atom. The van der Waals surface area contributed by atoms with Crippen LogP contribution in [0, 0.1) is 6.92 Å². The Balaban J connectivity index is 2.33. The third-order valence-electron chi connectivity index (χ3n) is 2.47. The molecule has 1 aromatic carbocycles. The van der Waals surface area contributed by atoms with Crippen molar-refractivity contribution in [2.45, 2.75) is 26.7 Å². The van der Waals surface area contributed by atoms with Gasteiger partial charge in [-0.05, 0) is 37.6 Å². The second-order valence-corrected chi connectivity index (χ2v) is 4.22. The zero-order valence-corrected chi connectivity index (χ0v) is 10.2. The molecule has 0 aliphatic heterocycles. The SMILES string of the molecule is CCCc1nc(-c2ccc(Cl)cc2)oc1C. The highest BCUT2D eigenvalue weighted by Gasteiger charge is 2.10. The number of rotatable bonds is 3. The molecule has 0 saturated heterocycles. The number of hydrogen-bond donors (Lipinski definition) is 0. The minimum atomic E-state index is 0.678. The van der Waals surface area contributed by atoms with Crippen LogP contribution in [0.1, 0.15) is 24.8 Å². The molecule has 1 heterocycles. The molecule has 16 heavy (non-hydrogen) atoms. The first-order valence-electron chi connectivity index (χ1n) is 5.43. The van der Waals surface area contributed by atoms with Crippen LogP contribution in [0.25, 0.3) is 11.5 Å². The van der Waals surface area contributed by atoms with Crippen LogP contribution in [0.3, 0.4) is 0 Å². The molecule has 0 N–H and O–H groups in total. The van der Waals surface area contributed by atoms with E-state index in [-0.39, 0.29) is 0 Å². The molecular formula is C13H14ClNO. The van der Waals surface area contributed by atoms with E-state index in [1.165, 1.54) is 0 Å². The fourth-order valence-corrected chi connectivity index (χ4v) is 1.74. The van der Waals surface area contributed by atoms with Crippen LogP contribution >= 0.6 is 11.6 Å². The third-order valence-corrected chi connectivity index (χ3v) is 2.72. The summed E-state index contributed by atoms with van der Waals surface area (Å²) < 4.78 is 5.64. The molecule has 0 spiro atoms. The summed E-state index contributed by atoms with van der Waals surface area (Å²) in [6, 6.07) is 7.53. The lowest BCUT2D eigenvalue weighted by Crippen LogP contribution is -1.85. The largest absolute Gasteiger partial charge is 0.441 e. The van der Waals surface area contributed by atoms with Gasteiger partial charge in [0.2, 0.25) is 5.89 Å². The Kier molecular flexibility index (Phi) is 3.30. The molecule has 2 aromatic rings. The Bertz CT molecular complexity index is 473. The highest BCUT2D eigenvalue weighted by Crippen LogP contribution is 2.23. The summed E-state index contributed by atoms with van der Waals surface area (Å²) in [6.45, 7) is 4.09. The summed E-state index contributed by atoms with van der Waals surface area (Å²) in [6.07, 6.45) is 2.04. The van der Waals surface area contributed by atoms with Crippen molar-refractivity contribution in [1.82, 2.24) is 4.98 Å². The standard InChI is InChI=1S/C13H14ClNO/c1-3-4-12-9(2)16-13(15-12)10-5-7-11(14)8-6-10/h5-8H,3-4H2,1-2H3. The van der Waals surface area contributed by atoms with Crippen molar-refractivity contribution in [3.05, 3.63) is 40.7 Å². The van der Waals surface area contributed by atoms with Crippen LogP contribution in [0.4, 0.5) is 0 Å². The number of benzene rings is 1. The molecule has 0 aliphatic carbocycles. The van der Waals surface area contributed by atoms with E-state index in [4.69, 9.17) is 16.0 Å². The zero-order chi connectivity index (χ0) is 11.5. The lowest BCUT2D eigenvalue weighted by atomic mass is 10.2. The van der Waals surface area contributed by atoms with E-state index in [2.05, 4.69) is 11.9 Å². The minimum Gasteiger partial charge on any atom is -0.441 e. The first kappa shape index (κ1) is 11.2. The number of oxazole rings is 1. The summed E-state index contributed by atoms with van der Waals surface area (Å²) in [5.74, 6) is 1.59. The van der Waals surface area contributed by atoms with Crippen molar-refractivity contribution in [1.29, 1.82) is 0 Å². The molecule has 1 aromatic heterocycles. The highest BCUT2D eigenvalue weighted by molar-refractivity contribution is 6.30. The molecule has 0 radical (unpaired) electrons. The maximum absolute atomic E-state index is 5.83. The Labute approximate surface area is 100 Å². The predicted molar refractivity (Wildman–Crippen MR) is 65.7 cm³/mol. The van der Waals surface area contributed by atoms with E-state index in [1.807, 2.05) is 31.2 Å². The number of aromatic nitrogens is 1. The molecule has 2 nitrogen and oxygen atoms in total.